The van der Waals surface area contributed by atoms with Gasteiger partial charge in [0.05, 0.1) is 25.2 Å². The van der Waals surface area contributed by atoms with Gasteiger partial charge in [0.2, 0.25) is 0 Å². The third-order valence-corrected chi connectivity index (χ3v) is 4.65. The molecule has 3 aromatic rings. The van der Waals surface area contributed by atoms with Gasteiger partial charge >= 0.3 is 0 Å². The number of aryl methyl sites for hydroxylation is 1. The fraction of sp³-hybridized carbons (Fsp3) is 0.238. The molecule has 0 fully saturated rings. The van der Waals surface area contributed by atoms with Gasteiger partial charge in [-0.1, -0.05) is 12.1 Å². The highest BCUT2D eigenvalue weighted by molar-refractivity contribution is 6.07. The van der Waals surface area contributed by atoms with Crippen molar-refractivity contribution >= 4 is 16.7 Å². The molecule has 0 unspecified atom stereocenters. The maximum atomic E-state index is 13.9. The van der Waals surface area contributed by atoms with E-state index in [1.165, 1.54) is 43.2 Å². The van der Waals surface area contributed by atoms with Crippen LogP contribution in [0.1, 0.15) is 22.8 Å². The second-order valence-electron chi connectivity index (χ2n) is 6.28. The lowest BCUT2D eigenvalue weighted by Crippen LogP contribution is -2.27. The zero-order valence-corrected chi connectivity index (χ0v) is 16.2. The average molecular weight is 402 g/mol. The summed E-state index contributed by atoms with van der Waals surface area (Å²) < 4.78 is 39.2. The molecule has 3 rings (SSSR count). The first-order chi connectivity index (χ1) is 13.9. The van der Waals surface area contributed by atoms with Gasteiger partial charge in [-0.2, -0.15) is 0 Å². The largest absolute Gasteiger partial charge is 0.493 e. The van der Waals surface area contributed by atoms with Gasteiger partial charge < -0.3 is 19.4 Å². The van der Waals surface area contributed by atoms with E-state index in [9.17, 15) is 18.4 Å². The number of nitrogens with one attached hydrogen (secondary N) is 1. The Kier molecular flexibility index (Phi) is 5.81. The highest BCUT2D eigenvalue weighted by Crippen LogP contribution is 2.32. The third kappa shape index (κ3) is 3.78. The number of fused-ring (bicyclic) bond motifs is 1. The molecule has 1 heterocycles. The van der Waals surface area contributed by atoms with Crippen molar-refractivity contribution in [1.29, 1.82) is 0 Å². The highest BCUT2D eigenvalue weighted by atomic mass is 19.2. The van der Waals surface area contributed by atoms with Crippen LogP contribution in [0.3, 0.4) is 0 Å². The summed E-state index contributed by atoms with van der Waals surface area (Å²) in [5, 5.41) is 3.24. The van der Waals surface area contributed by atoms with E-state index in [4.69, 9.17) is 9.47 Å². The number of hydrogen-bond donors (Lipinski definition) is 1. The lowest BCUT2D eigenvalue weighted by atomic mass is 10.1. The first kappa shape index (κ1) is 20.3. The minimum absolute atomic E-state index is 0.0192. The second-order valence-corrected chi connectivity index (χ2v) is 6.28. The molecule has 0 radical (unpaired) electrons. The molecule has 2 aromatic carbocycles. The zero-order chi connectivity index (χ0) is 21.1. The molecular weight excluding hydrogens is 382 g/mol. The van der Waals surface area contributed by atoms with Crippen molar-refractivity contribution in [2.45, 2.75) is 20.0 Å². The van der Waals surface area contributed by atoms with Gasteiger partial charge in [0.1, 0.15) is 0 Å². The molecule has 8 heteroatoms. The Morgan fingerprint density at radius 1 is 1.10 bits per heavy atom. The summed E-state index contributed by atoms with van der Waals surface area (Å²) in [4.78, 5) is 25.6. The van der Waals surface area contributed by atoms with Gasteiger partial charge in [-0.15, -0.1) is 0 Å². The summed E-state index contributed by atoms with van der Waals surface area (Å²) in [6.45, 7) is 1.92. The van der Waals surface area contributed by atoms with Crippen LogP contribution < -0.4 is 20.3 Å². The summed E-state index contributed by atoms with van der Waals surface area (Å²) in [5.74, 6) is -1.81. The molecule has 0 aliphatic heterocycles. The average Bonchev–Trinajstić information content (AvgIpc) is 2.74. The van der Waals surface area contributed by atoms with Crippen molar-refractivity contribution in [2.24, 2.45) is 0 Å². The van der Waals surface area contributed by atoms with Crippen LogP contribution in [0, 0.1) is 11.6 Å². The number of methoxy groups -OCH3 is 2. The van der Waals surface area contributed by atoms with Crippen LogP contribution in [0.15, 0.2) is 41.3 Å². The first-order valence-corrected chi connectivity index (χ1v) is 8.91. The molecule has 1 N–H and O–H groups in total. The number of pyridine rings is 1. The van der Waals surface area contributed by atoms with Crippen molar-refractivity contribution in [2.75, 3.05) is 14.2 Å². The van der Waals surface area contributed by atoms with E-state index < -0.39 is 17.5 Å². The molecule has 1 aromatic heterocycles. The van der Waals surface area contributed by atoms with Crippen LogP contribution >= 0.6 is 0 Å². The molecule has 0 spiro atoms. The maximum Gasteiger partial charge on any atom is 0.258 e. The van der Waals surface area contributed by atoms with Gasteiger partial charge in [0.25, 0.3) is 11.5 Å². The van der Waals surface area contributed by atoms with Gasteiger partial charge in [0.15, 0.2) is 23.1 Å². The van der Waals surface area contributed by atoms with Crippen LogP contribution in [-0.2, 0) is 13.1 Å². The minimum atomic E-state index is -1.01. The Bertz CT molecular complexity index is 1140. The van der Waals surface area contributed by atoms with E-state index in [1.807, 2.05) is 0 Å². The van der Waals surface area contributed by atoms with Gasteiger partial charge in [-0.25, -0.2) is 8.78 Å². The number of carbonyl (C=O) groups is 1. The molecule has 0 atom stereocenters. The molecule has 152 valence electrons. The van der Waals surface area contributed by atoms with Gasteiger partial charge in [-0.05, 0) is 25.1 Å². The Morgan fingerprint density at radius 3 is 2.38 bits per heavy atom. The molecule has 1 amide bonds. The number of rotatable bonds is 6. The molecule has 29 heavy (non-hydrogen) atoms. The lowest BCUT2D eigenvalue weighted by Gasteiger charge is -2.14. The third-order valence-electron chi connectivity index (χ3n) is 4.65. The van der Waals surface area contributed by atoms with Crippen molar-refractivity contribution in [3.8, 4) is 11.5 Å². The van der Waals surface area contributed by atoms with E-state index in [0.717, 1.165) is 6.07 Å². The second kappa shape index (κ2) is 8.30. The van der Waals surface area contributed by atoms with E-state index >= 15 is 0 Å². The fourth-order valence-electron chi connectivity index (χ4n) is 3.09. The van der Waals surface area contributed by atoms with Crippen LogP contribution in [0.2, 0.25) is 0 Å². The molecule has 0 aliphatic rings. The highest BCUT2D eigenvalue weighted by Gasteiger charge is 2.18. The summed E-state index contributed by atoms with van der Waals surface area (Å²) in [5.41, 5.74) is -0.0545. The minimum Gasteiger partial charge on any atom is -0.493 e. The monoisotopic (exact) mass is 402 g/mol. The van der Waals surface area contributed by atoms with Crippen LogP contribution in [-0.4, -0.2) is 24.7 Å². The predicted octanol–water partition coefficient (Wildman–Crippen LogP) is 3.25. The predicted molar refractivity (Wildman–Crippen MR) is 105 cm³/mol. The van der Waals surface area contributed by atoms with Crippen molar-refractivity contribution in [3.63, 3.8) is 0 Å². The summed E-state index contributed by atoms with van der Waals surface area (Å²) in [7, 11) is 2.90. The smallest absolute Gasteiger partial charge is 0.258 e. The molecule has 6 nitrogen and oxygen atoms in total. The summed E-state index contributed by atoms with van der Waals surface area (Å²) in [6, 6.07) is 6.82. The van der Waals surface area contributed by atoms with E-state index in [0.29, 0.717) is 23.4 Å². The molecule has 0 aliphatic carbocycles. The number of nitrogens with zero attached hydrogens (tertiary/aromatic N) is 1. The molecule has 0 saturated heterocycles. The normalized spacial score (nSPS) is 10.8. The number of amides is 1. The van der Waals surface area contributed by atoms with Gasteiger partial charge in [0, 0.05) is 30.2 Å². The number of aromatic nitrogens is 1. The number of halogens is 2. The lowest BCUT2D eigenvalue weighted by molar-refractivity contribution is 0.0951. The van der Waals surface area contributed by atoms with Crippen LogP contribution in [0.25, 0.3) is 10.8 Å². The Hall–Kier alpha value is -3.42. The van der Waals surface area contributed by atoms with Crippen molar-refractivity contribution in [3.05, 3.63) is 69.6 Å². The summed E-state index contributed by atoms with van der Waals surface area (Å²) >= 11 is 0. The van der Waals surface area contributed by atoms with Crippen molar-refractivity contribution < 1.29 is 23.0 Å². The SMILES string of the molecule is CCn1cc(C(=O)NCc2cccc(F)c2F)c2cc(OC)c(OC)cc2c1=O. The number of carbonyl (C=O) groups excluding carboxylic acids is 1. The summed E-state index contributed by atoms with van der Waals surface area (Å²) in [6.07, 6.45) is 1.44. The first-order valence-electron chi connectivity index (χ1n) is 8.91. The zero-order valence-electron chi connectivity index (χ0n) is 16.2. The Labute approximate surface area is 165 Å². The molecular formula is C21H20F2N2O4. The quantitative estimate of drug-likeness (QED) is 0.687. The van der Waals surface area contributed by atoms with Crippen LogP contribution in [0.4, 0.5) is 8.78 Å². The van der Waals surface area contributed by atoms with E-state index in [-0.39, 0.29) is 28.6 Å². The van der Waals surface area contributed by atoms with E-state index in [2.05, 4.69) is 5.32 Å². The van der Waals surface area contributed by atoms with E-state index in [1.54, 1.807) is 13.0 Å². The Morgan fingerprint density at radius 2 is 1.76 bits per heavy atom. The number of benzene rings is 2. The maximum absolute atomic E-state index is 13.9. The number of hydrogen-bond acceptors (Lipinski definition) is 4. The topological polar surface area (TPSA) is 69.6 Å². The number of ether oxygens (including phenoxy) is 2. The fourth-order valence-corrected chi connectivity index (χ4v) is 3.09. The Balaban J connectivity index is 2.07. The van der Waals surface area contributed by atoms with Crippen molar-refractivity contribution in [1.82, 2.24) is 9.88 Å². The standard InChI is InChI=1S/C21H20F2N2O4/c1-4-25-11-15(20(26)24-10-12-6-5-7-16(22)19(12)23)13-8-17(28-2)18(29-3)9-14(13)21(25)27/h5-9,11H,4,10H2,1-3H3,(H,24,26). The van der Waals surface area contributed by atoms with Gasteiger partial charge in [-0.3, -0.25) is 9.59 Å². The molecule has 0 saturated carbocycles. The van der Waals surface area contributed by atoms with Crippen LogP contribution in [0.5, 0.6) is 11.5 Å². The molecule has 0 bridgehead atoms.